The lowest BCUT2D eigenvalue weighted by molar-refractivity contribution is -0.146. The Morgan fingerprint density at radius 3 is 2.62 bits per heavy atom. The number of nitrogens with two attached hydrogens (primary N) is 1. The summed E-state index contributed by atoms with van der Waals surface area (Å²) in [5, 5.41) is 2.95. The maximum atomic E-state index is 11.8. The number of hydrogen-bond donors (Lipinski definition) is 2. The van der Waals surface area contributed by atoms with E-state index in [2.05, 4.69) is 10.1 Å². The molecule has 26 heavy (non-hydrogen) atoms. The topological polar surface area (TPSA) is 138 Å². The van der Waals surface area contributed by atoms with Gasteiger partial charge in [-0.1, -0.05) is 0 Å². The molecule has 0 aliphatic rings. The molecule has 1 aromatic carbocycles. The van der Waals surface area contributed by atoms with Crippen LogP contribution in [0.25, 0.3) is 11.0 Å². The van der Waals surface area contributed by atoms with Gasteiger partial charge in [0.15, 0.2) is 6.61 Å². The Hall–Kier alpha value is -3.36. The summed E-state index contributed by atoms with van der Waals surface area (Å²) in [5.41, 5.74) is 5.47. The summed E-state index contributed by atoms with van der Waals surface area (Å²) in [6.07, 6.45) is -0.0322. The van der Waals surface area contributed by atoms with Crippen LogP contribution in [0.4, 0.5) is 0 Å². The molecule has 1 heterocycles. The molecule has 138 valence electrons. The molecule has 0 fully saturated rings. The largest absolute Gasteiger partial charge is 0.497 e. The zero-order valence-corrected chi connectivity index (χ0v) is 14.2. The summed E-state index contributed by atoms with van der Waals surface area (Å²) in [7, 11) is 1.48. The van der Waals surface area contributed by atoms with Gasteiger partial charge in [-0.2, -0.15) is 0 Å². The van der Waals surface area contributed by atoms with Gasteiger partial charge in [-0.25, -0.2) is 4.79 Å². The molecule has 0 aliphatic heterocycles. The van der Waals surface area contributed by atoms with Crippen LogP contribution < -0.4 is 21.4 Å². The number of carbonyl (C=O) groups is 3. The third-order valence-corrected chi connectivity index (χ3v) is 3.55. The normalized spacial score (nSPS) is 11.6. The van der Waals surface area contributed by atoms with Crippen LogP contribution in [0.2, 0.25) is 0 Å². The molecular formula is C17H18N2O7. The van der Waals surface area contributed by atoms with Gasteiger partial charge in [0.05, 0.1) is 7.11 Å². The summed E-state index contributed by atoms with van der Waals surface area (Å²) in [5.74, 6) is -1.61. The standard InChI is InChI=1S/C17H18N2O7/c1-9(20)25-8-15(21)19-13(17(18)23)5-10-6-16(22)26-14-7-11(24-2)3-4-12(10)14/h3-4,6-7,13H,5,8H2,1-2H3,(H2,18,23)(H,19,21)/t13-/m0/s1. The van der Waals surface area contributed by atoms with Crippen molar-refractivity contribution in [1.29, 1.82) is 0 Å². The molecule has 9 nitrogen and oxygen atoms in total. The van der Waals surface area contributed by atoms with Gasteiger partial charge in [-0.15, -0.1) is 0 Å². The molecule has 0 spiro atoms. The first-order valence-electron chi connectivity index (χ1n) is 7.63. The van der Waals surface area contributed by atoms with Crippen molar-refractivity contribution in [1.82, 2.24) is 5.32 Å². The van der Waals surface area contributed by atoms with Crippen LogP contribution in [-0.2, 0) is 25.5 Å². The van der Waals surface area contributed by atoms with Crippen molar-refractivity contribution in [2.45, 2.75) is 19.4 Å². The Kier molecular flexibility index (Phi) is 5.94. The first-order valence-corrected chi connectivity index (χ1v) is 7.63. The number of ether oxygens (including phenoxy) is 2. The quantitative estimate of drug-likeness (QED) is 0.517. The van der Waals surface area contributed by atoms with Crippen LogP contribution in [0.5, 0.6) is 5.75 Å². The van der Waals surface area contributed by atoms with Crippen molar-refractivity contribution in [3.05, 3.63) is 40.2 Å². The monoisotopic (exact) mass is 362 g/mol. The number of carbonyl (C=O) groups excluding carboxylic acids is 3. The third kappa shape index (κ3) is 4.82. The Bertz CT molecular complexity index is 904. The first-order chi connectivity index (χ1) is 12.3. The Morgan fingerprint density at radius 1 is 1.27 bits per heavy atom. The van der Waals surface area contributed by atoms with E-state index in [9.17, 15) is 19.2 Å². The fourth-order valence-corrected chi connectivity index (χ4v) is 2.35. The van der Waals surface area contributed by atoms with E-state index in [0.29, 0.717) is 16.7 Å². The van der Waals surface area contributed by atoms with E-state index in [0.717, 1.165) is 6.92 Å². The summed E-state index contributed by atoms with van der Waals surface area (Å²) in [6, 6.07) is 5.02. The fraction of sp³-hybridized carbons (Fsp3) is 0.294. The van der Waals surface area contributed by atoms with Crippen LogP contribution in [0.15, 0.2) is 33.5 Å². The van der Waals surface area contributed by atoms with Gasteiger partial charge < -0.3 is 24.9 Å². The molecule has 0 unspecified atom stereocenters. The molecule has 1 aromatic heterocycles. The smallest absolute Gasteiger partial charge is 0.336 e. The molecule has 0 bridgehead atoms. The summed E-state index contributed by atoms with van der Waals surface area (Å²) in [6.45, 7) is 0.622. The minimum atomic E-state index is -1.09. The lowest BCUT2D eigenvalue weighted by atomic mass is 10.0. The molecular weight excluding hydrogens is 344 g/mol. The summed E-state index contributed by atoms with van der Waals surface area (Å²) < 4.78 is 14.8. The Labute approximate surface area is 148 Å². The number of rotatable bonds is 7. The highest BCUT2D eigenvalue weighted by atomic mass is 16.5. The number of esters is 1. The van der Waals surface area contributed by atoms with E-state index in [1.54, 1.807) is 18.2 Å². The van der Waals surface area contributed by atoms with E-state index in [1.165, 1.54) is 13.2 Å². The van der Waals surface area contributed by atoms with Gasteiger partial charge in [-0.05, 0) is 17.7 Å². The van der Waals surface area contributed by atoms with Crippen molar-refractivity contribution in [3.63, 3.8) is 0 Å². The molecule has 1 atom stereocenters. The molecule has 2 aromatic rings. The Morgan fingerprint density at radius 2 is 2.00 bits per heavy atom. The predicted molar refractivity (Wildman–Crippen MR) is 90.5 cm³/mol. The van der Waals surface area contributed by atoms with E-state index >= 15 is 0 Å². The number of nitrogens with one attached hydrogen (secondary N) is 1. The highest BCUT2D eigenvalue weighted by Gasteiger charge is 2.21. The fourth-order valence-electron chi connectivity index (χ4n) is 2.35. The van der Waals surface area contributed by atoms with Crippen LogP contribution >= 0.6 is 0 Å². The number of benzene rings is 1. The van der Waals surface area contributed by atoms with Crippen LogP contribution in [0.3, 0.4) is 0 Å². The number of primary amides is 1. The van der Waals surface area contributed by atoms with Crippen molar-refractivity contribution in [3.8, 4) is 5.75 Å². The first kappa shape index (κ1) is 19.0. The zero-order valence-electron chi connectivity index (χ0n) is 14.2. The van der Waals surface area contributed by atoms with Gasteiger partial charge in [0, 0.05) is 30.9 Å². The molecule has 9 heteroatoms. The summed E-state index contributed by atoms with van der Waals surface area (Å²) >= 11 is 0. The van der Waals surface area contributed by atoms with E-state index in [1.807, 2.05) is 0 Å². The van der Waals surface area contributed by atoms with Gasteiger partial charge in [0.25, 0.3) is 5.91 Å². The van der Waals surface area contributed by atoms with Gasteiger partial charge in [0.2, 0.25) is 5.91 Å². The van der Waals surface area contributed by atoms with Crippen LogP contribution in [0, 0.1) is 0 Å². The third-order valence-electron chi connectivity index (χ3n) is 3.55. The molecule has 2 rings (SSSR count). The van der Waals surface area contributed by atoms with E-state index in [-0.39, 0.29) is 12.0 Å². The van der Waals surface area contributed by atoms with Crippen molar-refractivity contribution >= 4 is 28.8 Å². The predicted octanol–water partition coefficient (Wildman–Crippen LogP) is -0.123. The van der Waals surface area contributed by atoms with Crippen molar-refractivity contribution in [2.24, 2.45) is 5.73 Å². The molecule has 3 N–H and O–H groups in total. The average molecular weight is 362 g/mol. The number of hydrogen-bond acceptors (Lipinski definition) is 7. The summed E-state index contributed by atoms with van der Waals surface area (Å²) in [4.78, 5) is 46.0. The molecule has 0 saturated carbocycles. The molecule has 0 aliphatic carbocycles. The average Bonchev–Trinajstić information content (AvgIpc) is 2.58. The van der Waals surface area contributed by atoms with Gasteiger partial charge in [-0.3, -0.25) is 14.4 Å². The zero-order chi connectivity index (χ0) is 19.3. The minimum Gasteiger partial charge on any atom is -0.497 e. The Balaban J connectivity index is 2.28. The number of amides is 2. The molecule has 2 amide bonds. The highest BCUT2D eigenvalue weighted by molar-refractivity contribution is 5.89. The maximum absolute atomic E-state index is 11.8. The van der Waals surface area contributed by atoms with Crippen molar-refractivity contribution < 1.29 is 28.3 Å². The highest BCUT2D eigenvalue weighted by Crippen LogP contribution is 2.23. The van der Waals surface area contributed by atoms with E-state index in [4.69, 9.17) is 14.9 Å². The van der Waals surface area contributed by atoms with Gasteiger partial charge in [0.1, 0.15) is 17.4 Å². The molecule has 0 radical (unpaired) electrons. The van der Waals surface area contributed by atoms with Crippen molar-refractivity contribution in [2.75, 3.05) is 13.7 Å². The SMILES string of the molecule is COc1ccc2c(C[C@H](NC(=O)COC(C)=O)C(N)=O)cc(=O)oc2c1. The molecule has 0 saturated heterocycles. The van der Waals surface area contributed by atoms with E-state index < -0.39 is 36.1 Å². The minimum absolute atomic E-state index is 0.0322. The second-order valence-electron chi connectivity index (χ2n) is 5.46. The lowest BCUT2D eigenvalue weighted by Gasteiger charge is -2.16. The lowest BCUT2D eigenvalue weighted by Crippen LogP contribution is -2.47. The maximum Gasteiger partial charge on any atom is 0.336 e. The number of fused-ring (bicyclic) bond motifs is 1. The van der Waals surface area contributed by atoms with Gasteiger partial charge >= 0.3 is 11.6 Å². The van der Waals surface area contributed by atoms with Crippen LogP contribution in [-0.4, -0.2) is 37.5 Å². The number of methoxy groups -OCH3 is 1. The second-order valence-corrected chi connectivity index (χ2v) is 5.46. The van der Waals surface area contributed by atoms with Crippen LogP contribution in [0.1, 0.15) is 12.5 Å². The second kappa shape index (κ2) is 8.15.